The van der Waals surface area contributed by atoms with Gasteiger partial charge in [0.15, 0.2) is 0 Å². The number of nitrogens with zero attached hydrogens (tertiary/aromatic N) is 2. The fourth-order valence-corrected chi connectivity index (χ4v) is 4.03. The van der Waals surface area contributed by atoms with E-state index in [0.29, 0.717) is 6.54 Å². The summed E-state index contributed by atoms with van der Waals surface area (Å²) in [7, 11) is -3.46. The zero-order valence-electron chi connectivity index (χ0n) is 16.6. The molecule has 6 nitrogen and oxygen atoms in total. The third-order valence-corrected chi connectivity index (χ3v) is 6.14. The van der Waals surface area contributed by atoms with Crippen molar-refractivity contribution in [1.82, 2.24) is 14.5 Å². The molecule has 1 aromatic carbocycles. The lowest BCUT2D eigenvalue weighted by Crippen LogP contribution is -2.40. The van der Waals surface area contributed by atoms with Gasteiger partial charge in [-0.15, -0.1) is 0 Å². The summed E-state index contributed by atoms with van der Waals surface area (Å²) < 4.78 is 25.3. The summed E-state index contributed by atoms with van der Waals surface area (Å²) in [6.07, 6.45) is 7.19. The van der Waals surface area contributed by atoms with E-state index in [2.05, 4.69) is 10.2 Å². The van der Waals surface area contributed by atoms with E-state index in [1.54, 1.807) is 0 Å². The maximum absolute atomic E-state index is 12.2. The minimum Gasteiger partial charge on any atom is -0.355 e. The second kappa shape index (κ2) is 10.8. The Morgan fingerprint density at radius 3 is 2.33 bits per heavy atom. The van der Waals surface area contributed by atoms with Gasteiger partial charge in [-0.05, 0) is 51.4 Å². The van der Waals surface area contributed by atoms with Crippen LogP contribution in [0, 0.1) is 6.92 Å². The van der Waals surface area contributed by atoms with Crippen LogP contribution in [-0.4, -0.2) is 62.5 Å². The molecule has 0 radical (unpaired) electrons. The minimum absolute atomic E-state index is 0.142. The first-order valence-corrected chi connectivity index (χ1v) is 11.7. The van der Waals surface area contributed by atoms with E-state index in [1.807, 2.05) is 31.2 Å². The SMILES string of the molecule is Cc1ccc(CN(CC(=O)NCCCN2CCCCCC2)S(C)(=O)=O)cc1. The molecule has 0 bridgehead atoms. The Morgan fingerprint density at radius 2 is 1.74 bits per heavy atom. The van der Waals surface area contributed by atoms with Crippen LogP contribution in [-0.2, 0) is 21.4 Å². The lowest BCUT2D eigenvalue weighted by molar-refractivity contribution is -0.121. The van der Waals surface area contributed by atoms with Crippen LogP contribution in [0.5, 0.6) is 0 Å². The van der Waals surface area contributed by atoms with Crippen molar-refractivity contribution in [3.8, 4) is 0 Å². The van der Waals surface area contributed by atoms with E-state index < -0.39 is 10.0 Å². The van der Waals surface area contributed by atoms with Crippen molar-refractivity contribution in [1.29, 1.82) is 0 Å². The monoisotopic (exact) mass is 395 g/mol. The molecule has 1 N–H and O–H groups in total. The van der Waals surface area contributed by atoms with Crippen LogP contribution >= 0.6 is 0 Å². The Labute approximate surface area is 164 Å². The quantitative estimate of drug-likeness (QED) is 0.651. The Kier molecular flexibility index (Phi) is 8.73. The maximum atomic E-state index is 12.2. The highest BCUT2D eigenvalue weighted by molar-refractivity contribution is 7.88. The summed E-state index contributed by atoms with van der Waals surface area (Å²) >= 11 is 0. The number of nitrogens with one attached hydrogen (secondary N) is 1. The van der Waals surface area contributed by atoms with Crippen LogP contribution < -0.4 is 5.32 Å². The molecule has 1 amide bonds. The largest absolute Gasteiger partial charge is 0.355 e. The summed E-state index contributed by atoms with van der Waals surface area (Å²) in [5.74, 6) is -0.247. The Hall–Kier alpha value is -1.44. The lowest BCUT2D eigenvalue weighted by atomic mass is 10.1. The van der Waals surface area contributed by atoms with Gasteiger partial charge in [-0.25, -0.2) is 8.42 Å². The number of likely N-dealkylation sites (tertiary alicyclic amines) is 1. The van der Waals surface area contributed by atoms with Gasteiger partial charge in [0, 0.05) is 13.1 Å². The zero-order chi connectivity index (χ0) is 19.7. The van der Waals surface area contributed by atoms with Crippen LogP contribution in [0.15, 0.2) is 24.3 Å². The molecular weight excluding hydrogens is 362 g/mol. The van der Waals surface area contributed by atoms with Crippen molar-refractivity contribution >= 4 is 15.9 Å². The molecule has 7 heteroatoms. The number of sulfonamides is 1. The van der Waals surface area contributed by atoms with Crippen molar-refractivity contribution < 1.29 is 13.2 Å². The lowest BCUT2D eigenvalue weighted by Gasteiger charge is -2.21. The predicted molar refractivity (Wildman–Crippen MR) is 109 cm³/mol. The van der Waals surface area contributed by atoms with Gasteiger partial charge in [0.1, 0.15) is 0 Å². The zero-order valence-corrected chi connectivity index (χ0v) is 17.4. The third-order valence-electron chi connectivity index (χ3n) is 4.94. The summed E-state index contributed by atoms with van der Waals surface area (Å²) in [5, 5.41) is 2.86. The molecule has 1 fully saturated rings. The number of benzene rings is 1. The van der Waals surface area contributed by atoms with Crippen LogP contribution in [0.4, 0.5) is 0 Å². The van der Waals surface area contributed by atoms with E-state index in [9.17, 15) is 13.2 Å². The first kappa shape index (κ1) is 21.9. The predicted octanol–water partition coefficient (Wildman–Crippen LogP) is 2.14. The second-order valence-electron chi connectivity index (χ2n) is 7.48. The number of carbonyl (C=O) groups is 1. The van der Waals surface area contributed by atoms with Crippen molar-refractivity contribution in [2.45, 2.75) is 45.6 Å². The number of hydrogen-bond acceptors (Lipinski definition) is 4. The van der Waals surface area contributed by atoms with E-state index in [0.717, 1.165) is 43.4 Å². The molecule has 0 atom stereocenters. The smallest absolute Gasteiger partial charge is 0.235 e. The van der Waals surface area contributed by atoms with E-state index in [4.69, 9.17) is 0 Å². The molecule has 0 aliphatic carbocycles. The number of carbonyl (C=O) groups excluding carboxylic acids is 1. The van der Waals surface area contributed by atoms with Gasteiger partial charge >= 0.3 is 0 Å². The first-order chi connectivity index (χ1) is 12.8. The summed E-state index contributed by atoms with van der Waals surface area (Å²) in [5.41, 5.74) is 1.99. The number of rotatable bonds is 9. The maximum Gasteiger partial charge on any atom is 0.235 e. The Morgan fingerprint density at radius 1 is 1.11 bits per heavy atom. The van der Waals surface area contributed by atoms with Crippen molar-refractivity contribution in [3.63, 3.8) is 0 Å². The molecule has 0 unspecified atom stereocenters. The van der Waals surface area contributed by atoms with Crippen LogP contribution in [0.2, 0.25) is 0 Å². The van der Waals surface area contributed by atoms with Gasteiger partial charge in [-0.3, -0.25) is 4.79 Å². The van der Waals surface area contributed by atoms with Gasteiger partial charge in [-0.1, -0.05) is 42.7 Å². The van der Waals surface area contributed by atoms with Gasteiger partial charge in [0.25, 0.3) is 0 Å². The van der Waals surface area contributed by atoms with Crippen molar-refractivity contribution in [2.24, 2.45) is 0 Å². The number of amides is 1. The molecule has 152 valence electrons. The molecule has 1 aliphatic rings. The molecule has 1 aromatic rings. The molecule has 1 heterocycles. The highest BCUT2D eigenvalue weighted by Gasteiger charge is 2.20. The van der Waals surface area contributed by atoms with Gasteiger partial charge < -0.3 is 10.2 Å². The van der Waals surface area contributed by atoms with Crippen LogP contribution in [0.1, 0.15) is 43.2 Å². The molecule has 0 aromatic heterocycles. The van der Waals surface area contributed by atoms with Crippen LogP contribution in [0.25, 0.3) is 0 Å². The second-order valence-corrected chi connectivity index (χ2v) is 9.46. The first-order valence-electron chi connectivity index (χ1n) is 9.84. The fraction of sp³-hybridized carbons (Fsp3) is 0.650. The number of hydrogen-bond donors (Lipinski definition) is 1. The van der Waals surface area contributed by atoms with Crippen LogP contribution in [0.3, 0.4) is 0 Å². The summed E-state index contributed by atoms with van der Waals surface area (Å²) in [6, 6.07) is 7.68. The van der Waals surface area contributed by atoms with Crippen molar-refractivity contribution in [3.05, 3.63) is 35.4 Å². The van der Waals surface area contributed by atoms with E-state index >= 15 is 0 Å². The average Bonchev–Trinajstić information content (AvgIpc) is 2.88. The average molecular weight is 396 g/mol. The number of aryl methyl sites for hydroxylation is 1. The molecule has 1 aliphatic heterocycles. The standard InChI is InChI=1S/C20H33N3O3S/c1-18-8-10-19(11-9-18)16-23(27(2,25)26)17-20(24)21-12-7-15-22-13-5-3-4-6-14-22/h8-11H,3-7,12-17H2,1-2H3,(H,21,24). The Balaban J connectivity index is 1.77. The van der Waals surface area contributed by atoms with Gasteiger partial charge in [0.05, 0.1) is 12.8 Å². The van der Waals surface area contributed by atoms with Gasteiger partial charge in [-0.2, -0.15) is 4.31 Å². The summed E-state index contributed by atoms with van der Waals surface area (Å²) in [6.45, 7) is 5.91. The highest BCUT2D eigenvalue weighted by Crippen LogP contribution is 2.11. The Bertz CT molecular complexity index is 681. The summed E-state index contributed by atoms with van der Waals surface area (Å²) in [4.78, 5) is 14.7. The van der Waals surface area contributed by atoms with Crippen molar-refractivity contribution in [2.75, 3.05) is 39.0 Å². The molecule has 0 spiro atoms. The molecule has 0 saturated carbocycles. The highest BCUT2D eigenvalue weighted by atomic mass is 32.2. The molecule has 27 heavy (non-hydrogen) atoms. The van der Waals surface area contributed by atoms with E-state index in [-0.39, 0.29) is 19.0 Å². The molecule has 2 rings (SSSR count). The molecule has 1 saturated heterocycles. The minimum atomic E-state index is -3.46. The normalized spacial score (nSPS) is 16.3. The fourth-order valence-electron chi connectivity index (χ4n) is 3.29. The third kappa shape index (κ3) is 8.41. The van der Waals surface area contributed by atoms with Gasteiger partial charge in [0.2, 0.25) is 15.9 Å². The topological polar surface area (TPSA) is 69.7 Å². The molecular formula is C20H33N3O3S. The van der Waals surface area contributed by atoms with E-state index in [1.165, 1.54) is 30.0 Å².